The summed E-state index contributed by atoms with van der Waals surface area (Å²) in [7, 11) is 0. The number of nitrogens with one attached hydrogen (secondary N) is 1. The summed E-state index contributed by atoms with van der Waals surface area (Å²) in [6.07, 6.45) is -0.529. The number of hydrogen-bond donors (Lipinski definition) is 2. The first-order valence-electron chi connectivity index (χ1n) is 5.30. The van der Waals surface area contributed by atoms with Crippen molar-refractivity contribution in [1.29, 1.82) is 0 Å². The maximum Gasteiger partial charge on any atom is 0.335 e. The molecule has 17 heavy (non-hydrogen) atoms. The minimum Gasteiger partial charge on any atom is -0.478 e. The van der Waals surface area contributed by atoms with Crippen molar-refractivity contribution >= 4 is 17.6 Å². The first-order valence-corrected chi connectivity index (χ1v) is 5.30. The second-order valence-electron chi connectivity index (χ2n) is 3.47. The quantitative estimate of drug-likeness (QED) is 0.818. The molecular formula is C12H15NO4. The van der Waals surface area contributed by atoms with Crippen molar-refractivity contribution in [3.05, 3.63) is 29.8 Å². The van der Waals surface area contributed by atoms with Crippen LogP contribution in [-0.2, 0) is 9.53 Å². The van der Waals surface area contributed by atoms with E-state index in [2.05, 4.69) is 5.32 Å². The van der Waals surface area contributed by atoms with E-state index in [4.69, 9.17) is 9.84 Å². The first-order chi connectivity index (χ1) is 8.04. The van der Waals surface area contributed by atoms with Crippen LogP contribution in [-0.4, -0.2) is 29.7 Å². The van der Waals surface area contributed by atoms with Crippen LogP contribution in [0.15, 0.2) is 24.3 Å². The highest BCUT2D eigenvalue weighted by molar-refractivity contribution is 5.94. The minimum absolute atomic E-state index is 0.181. The summed E-state index contributed by atoms with van der Waals surface area (Å²) in [5.41, 5.74) is 0.729. The van der Waals surface area contributed by atoms with Crippen LogP contribution in [0.3, 0.4) is 0 Å². The Morgan fingerprint density at radius 2 is 1.94 bits per heavy atom. The van der Waals surface area contributed by atoms with E-state index < -0.39 is 12.1 Å². The number of hydrogen-bond acceptors (Lipinski definition) is 3. The van der Waals surface area contributed by atoms with Gasteiger partial charge in [-0.25, -0.2) is 4.79 Å². The van der Waals surface area contributed by atoms with Crippen LogP contribution in [0.2, 0.25) is 0 Å². The number of carboxylic acids is 1. The van der Waals surface area contributed by atoms with Gasteiger partial charge in [0, 0.05) is 12.3 Å². The molecule has 0 saturated heterocycles. The molecule has 1 aromatic carbocycles. The fourth-order valence-electron chi connectivity index (χ4n) is 1.27. The van der Waals surface area contributed by atoms with Gasteiger partial charge in [-0.3, -0.25) is 4.79 Å². The second kappa shape index (κ2) is 6.00. The van der Waals surface area contributed by atoms with E-state index in [9.17, 15) is 9.59 Å². The van der Waals surface area contributed by atoms with E-state index in [-0.39, 0.29) is 11.5 Å². The molecule has 0 spiro atoms. The van der Waals surface area contributed by atoms with Crippen molar-refractivity contribution in [2.45, 2.75) is 20.0 Å². The Balaban J connectivity index is 2.63. The van der Waals surface area contributed by atoms with Crippen LogP contribution in [0.4, 0.5) is 5.69 Å². The van der Waals surface area contributed by atoms with Gasteiger partial charge in [0.1, 0.15) is 6.10 Å². The van der Waals surface area contributed by atoms with Gasteiger partial charge in [-0.1, -0.05) is 0 Å². The van der Waals surface area contributed by atoms with Gasteiger partial charge in [0.05, 0.1) is 5.56 Å². The zero-order valence-corrected chi connectivity index (χ0v) is 9.77. The molecule has 0 aliphatic heterocycles. The normalized spacial score (nSPS) is 11.9. The van der Waals surface area contributed by atoms with Gasteiger partial charge in [0.25, 0.3) is 5.91 Å². The van der Waals surface area contributed by atoms with Crippen molar-refractivity contribution in [3.63, 3.8) is 0 Å². The van der Waals surface area contributed by atoms with E-state index >= 15 is 0 Å². The molecule has 2 N–H and O–H groups in total. The fourth-order valence-corrected chi connectivity index (χ4v) is 1.27. The number of rotatable bonds is 5. The highest BCUT2D eigenvalue weighted by Gasteiger charge is 2.12. The molecule has 1 unspecified atom stereocenters. The highest BCUT2D eigenvalue weighted by Crippen LogP contribution is 2.10. The van der Waals surface area contributed by atoms with Crippen LogP contribution < -0.4 is 5.32 Å². The number of anilines is 1. The molecule has 1 aromatic rings. The Hall–Kier alpha value is -1.88. The number of ether oxygens (including phenoxy) is 1. The Morgan fingerprint density at radius 1 is 1.35 bits per heavy atom. The molecular weight excluding hydrogens is 222 g/mol. The average Bonchev–Trinajstić information content (AvgIpc) is 2.30. The van der Waals surface area contributed by atoms with E-state index in [1.54, 1.807) is 19.1 Å². The fraction of sp³-hybridized carbons (Fsp3) is 0.333. The molecule has 0 aliphatic carbocycles. The monoisotopic (exact) mass is 237 g/mol. The van der Waals surface area contributed by atoms with Gasteiger partial charge in [-0.05, 0) is 38.1 Å². The lowest BCUT2D eigenvalue weighted by Gasteiger charge is -2.11. The Labute approximate surface area is 99.4 Å². The summed E-state index contributed by atoms with van der Waals surface area (Å²) in [5, 5.41) is 11.3. The number of benzene rings is 1. The minimum atomic E-state index is -0.995. The van der Waals surface area contributed by atoms with Crippen molar-refractivity contribution in [1.82, 2.24) is 0 Å². The Morgan fingerprint density at radius 3 is 2.41 bits per heavy atom. The van der Waals surface area contributed by atoms with Gasteiger partial charge in [0.2, 0.25) is 0 Å². The average molecular weight is 237 g/mol. The summed E-state index contributed by atoms with van der Waals surface area (Å²) in [6.45, 7) is 3.93. The number of aromatic carboxylic acids is 1. The molecule has 1 atom stereocenters. The Bertz CT molecular complexity index is 399. The molecule has 0 fully saturated rings. The predicted molar refractivity (Wildman–Crippen MR) is 63.1 cm³/mol. The number of carbonyl (C=O) groups excluding carboxylic acids is 1. The molecule has 0 bridgehead atoms. The van der Waals surface area contributed by atoms with Crippen molar-refractivity contribution in [2.75, 3.05) is 11.9 Å². The largest absolute Gasteiger partial charge is 0.478 e. The third kappa shape index (κ3) is 3.88. The summed E-state index contributed by atoms with van der Waals surface area (Å²) in [6, 6.07) is 5.95. The maximum atomic E-state index is 11.6. The smallest absolute Gasteiger partial charge is 0.335 e. The van der Waals surface area contributed by atoms with Gasteiger partial charge in [-0.15, -0.1) is 0 Å². The van der Waals surface area contributed by atoms with Gasteiger partial charge >= 0.3 is 5.97 Å². The standard InChI is InChI=1S/C12H15NO4/c1-3-17-8(2)11(14)13-10-6-4-9(5-7-10)12(15)16/h4-8H,3H2,1-2H3,(H,13,14)(H,15,16). The molecule has 0 aliphatic rings. The molecule has 0 heterocycles. The molecule has 0 radical (unpaired) electrons. The third-order valence-electron chi connectivity index (χ3n) is 2.19. The van der Waals surface area contributed by atoms with Crippen molar-refractivity contribution < 1.29 is 19.4 Å². The summed E-state index contributed by atoms with van der Waals surface area (Å²) < 4.78 is 5.13. The van der Waals surface area contributed by atoms with Gasteiger partial charge in [-0.2, -0.15) is 0 Å². The SMILES string of the molecule is CCOC(C)C(=O)Nc1ccc(C(=O)O)cc1. The van der Waals surface area contributed by atoms with E-state index in [0.29, 0.717) is 12.3 Å². The zero-order valence-electron chi connectivity index (χ0n) is 9.77. The summed E-state index contributed by atoms with van der Waals surface area (Å²) in [4.78, 5) is 22.2. The lowest BCUT2D eigenvalue weighted by Crippen LogP contribution is -2.27. The lowest BCUT2D eigenvalue weighted by atomic mass is 10.2. The van der Waals surface area contributed by atoms with Crippen molar-refractivity contribution in [2.24, 2.45) is 0 Å². The van der Waals surface area contributed by atoms with E-state index in [0.717, 1.165) is 0 Å². The number of carbonyl (C=O) groups is 2. The summed E-state index contributed by atoms with van der Waals surface area (Å²) in [5.74, 6) is -1.25. The van der Waals surface area contributed by atoms with Crippen LogP contribution in [0.25, 0.3) is 0 Å². The Kier molecular flexibility index (Phi) is 4.66. The molecule has 5 nitrogen and oxygen atoms in total. The van der Waals surface area contributed by atoms with Gasteiger partial charge < -0.3 is 15.2 Å². The molecule has 1 amide bonds. The topological polar surface area (TPSA) is 75.6 Å². The van der Waals surface area contributed by atoms with Crippen LogP contribution in [0.5, 0.6) is 0 Å². The van der Waals surface area contributed by atoms with Gasteiger partial charge in [0.15, 0.2) is 0 Å². The van der Waals surface area contributed by atoms with Crippen LogP contribution in [0, 0.1) is 0 Å². The predicted octanol–water partition coefficient (Wildman–Crippen LogP) is 1.75. The highest BCUT2D eigenvalue weighted by atomic mass is 16.5. The number of carboxylic acid groups (broad SMARTS) is 1. The maximum absolute atomic E-state index is 11.6. The molecule has 5 heteroatoms. The third-order valence-corrected chi connectivity index (χ3v) is 2.19. The summed E-state index contributed by atoms with van der Waals surface area (Å²) >= 11 is 0. The van der Waals surface area contributed by atoms with Crippen molar-refractivity contribution in [3.8, 4) is 0 Å². The second-order valence-corrected chi connectivity index (χ2v) is 3.47. The molecule has 1 rings (SSSR count). The van der Waals surface area contributed by atoms with Crippen LogP contribution in [0.1, 0.15) is 24.2 Å². The molecule has 0 saturated carbocycles. The van der Waals surface area contributed by atoms with E-state index in [1.807, 2.05) is 6.92 Å². The zero-order chi connectivity index (χ0) is 12.8. The molecule has 0 aromatic heterocycles. The first kappa shape index (κ1) is 13.2. The van der Waals surface area contributed by atoms with Crippen LogP contribution >= 0.6 is 0 Å². The number of amides is 1. The lowest BCUT2D eigenvalue weighted by molar-refractivity contribution is -0.126. The molecule has 92 valence electrons. The van der Waals surface area contributed by atoms with E-state index in [1.165, 1.54) is 12.1 Å².